The van der Waals surface area contributed by atoms with Crippen LogP contribution < -0.4 is 0 Å². The van der Waals surface area contributed by atoms with Crippen molar-refractivity contribution in [3.63, 3.8) is 0 Å². The van der Waals surface area contributed by atoms with Gasteiger partial charge in [-0.25, -0.2) is 4.98 Å². The maximum Gasteiger partial charge on any atom is 0.273 e. The number of nitrogens with zero attached hydrogens (tertiary/aromatic N) is 3. The van der Waals surface area contributed by atoms with E-state index in [1.165, 1.54) is 11.3 Å². The molecule has 6 heteroatoms. The molecule has 0 radical (unpaired) electrons. The summed E-state index contributed by atoms with van der Waals surface area (Å²) >= 11 is 1.40. The van der Waals surface area contributed by atoms with Crippen molar-refractivity contribution < 1.29 is 10.0 Å². The number of oxime groups is 1. The molecule has 0 aromatic carbocycles. The Morgan fingerprint density at radius 3 is 3.14 bits per heavy atom. The molecule has 1 fully saturated rings. The second-order valence-corrected chi connectivity index (χ2v) is 3.74. The number of rotatable bonds is 1. The van der Waals surface area contributed by atoms with Crippen LogP contribution in [0.15, 0.2) is 16.0 Å². The standard InChI is InChI=1S/C8H9N3O2S/c12-8(7-4-14-5-9-7)11-2-1-6(3-11)10-13/h4-5,13H,1-3H2/b10-6+. The zero-order chi connectivity index (χ0) is 9.97. The molecular weight excluding hydrogens is 202 g/mol. The lowest BCUT2D eigenvalue weighted by atomic mass is 10.3. The van der Waals surface area contributed by atoms with Crippen LogP contribution in [-0.2, 0) is 0 Å². The summed E-state index contributed by atoms with van der Waals surface area (Å²) < 4.78 is 0. The molecule has 5 nitrogen and oxygen atoms in total. The average molecular weight is 211 g/mol. The minimum absolute atomic E-state index is 0.0927. The third-order valence-electron chi connectivity index (χ3n) is 2.12. The molecule has 0 bridgehead atoms. The molecule has 14 heavy (non-hydrogen) atoms. The molecule has 0 spiro atoms. The maximum absolute atomic E-state index is 11.7. The highest BCUT2D eigenvalue weighted by molar-refractivity contribution is 7.07. The molecule has 0 aliphatic carbocycles. The lowest BCUT2D eigenvalue weighted by Gasteiger charge is -2.12. The molecule has 2 rings (SSSR count). The van der Waals surface area contributed by atoms with Gasteiger partial charge in [-0.3, -0.25) is 4.79 Å². The molecule has 1 aromatic heterocycles. The fourth-order valence-corrected chi connectivity index (χ4v) is 1.90. The van der Waals surface area contributed by atoms with Crippen LogP contribution in [0.2, 0.25) is 0 Å². The lowest BCUT2D eigenvalue weighted by Crippen LogP contribution is -2.28. The number of aromatic nitrogens is 1. The van der Waals surface area contributed by atoms with E-state index in [9.17, 15) is 4.79 Å². The molecule has 1 N–H and O–H groups in total. The summed E-state index contributed by atoms with van der Waals surface area (Å²) in [6.07, 6.45) is 0.645. The number of hydrogen-bond donors (Lipinski definition) is 1. The summed E-state index contributed by atoms with van der Waals surface area (Å²) in [4.78, 5) is 17.3. The Morgan fingerprint density at radius 1 is 1.71 bits per heavy atom. The van der Waals surface area contributed by atoms with E-state index >= 15 is 0 Å². The summed E-state index contributed by atoms with van der Waals surface area (Å²) in [5.41, 5.74) is 2.74. The van der Waals surface area contributed by atoms with Crippen LogP contribution in [0.3, 0.4) is 0 Å². The van der Waals surface area contributed by atoms with Crippen molar-refractivity contribution in [1.29, 1.82) is 0 Å². The summed E-state index contributed by atoms with van der Waals surface area (Å²) in [5, 5.41) is 13.4. The fraction of sp³-hybridized carbons (Fsp3) is 0.375. The molecule has 0 atom stereocenters. The monoisotopic (exact) mass is 211 g/mol. The molecule has 74 valence electrons. The van der Waals surface area contributed by atoms with Crippen molar-refractivity contribution in [2.24, 2.45) is 5.16 Å². The van der Waals surface area contributed by atoms with Gasteiger partial charge in [-0.2, -0.15) is 0 Å². The Kier molecular flexibility index (Phi) is 2.45. The zero-order valence-corrected chi connectivity index (χ0v) is 8.20. The minimum atomic E-state index is -0.0927. The Morgan fingerprint density at radius 2 is 2.57 bits per heavy atom. The quantitative estimate of drug-likeness (QED) is 0.552. The SMILES string of the molecule is O=C(c1cscn1)N1CC/C(=N\O)C1. The van der Waals surface area contributed by atoms with Crippen LogP contribution in [0, 0.1) is 0 Å². The van der Waals surface area contributed by atoms with Gasteiger partial charge in [0.2, 0.25) is 0 Å². The first kappa shape index (κ1) is 9.14. The summed E-state index contributed by atoms with van der Waals surface area (Å²) in [7, 11) is 0. The van der Waals surface area contributed by atoms with Gasteiger partial charge in [0, 0.05) is 18.3 Å². The Hall–Kier alpha value is -1.43. The van der Waals surface area contributed by atoms with Gasteiger partial charge in [0.25, 0.3) is 5.91 Å². The molecule has 1 amide bonds. The largest absolute Gasteiger partial charge is 0.411 e. The molecule has 1 saturated heterocycles. The first-order valence-electron chi connectivity index (χ1n) is 4.18. The smallest absolute Gasteiger partial charge is 0.273 e. The number of hydrogen-bond acceptors (Lipinski definition) is 5. The van der Waals surface area contributed by atoms with Crippen LogP contribution in [0.25, 0.3) is 0 Å². The van der Waals surface area contributed by atoms with Gasteiger partial charge in [0.1, 0.15) is 5.69 Å². The molecule has 1 aromatic rings. The number of likely N-dealkylation sites (tertiary alicyclic amines) is 1. The topological polar surface area (TPSA) is 65.8 Å². The number of carbonyl (C=O) groups is 1. The first-order valence-corrected chi connectivity index (χ1v) is 5.13. The predicted molar refractivity (Wildman–Crippen MR) is 51.9 cm³/mol. The first-order chi connectivity index (χ1) is 6.81. The second-order valence-electron chi connectivity index (χ2n) is 3.02. The predicted octanol–water partition coefficient (Wildman–Crippen LogP) is 0.819. The highest BCUT2D eigenvalue weighted by Crippen LogP contribution is 2.11. The number of amides is 1. The highest BCUT2D eigenvalue weighted by Gasteiger charge is 2.24. The van der Waals surface area contributed by atoms with Gasteiger partial charge in [0.15, 0.2) is 0 Å². The van der Waals surface area contributed by atoms with Gasteiger partial charge < -0.3 is 10.1 Å². The van der Waals surface area contributed by atoms with Crippen LogP contribution in [-0.4, -0.2) is 39.8 Å². The third-order valence-corrected chi connectivity index (χ3v) is 2.71. The van der Waals surface area contributed by atoms with E-state index in [4.69, 9.17) is 5.21 Å². The average Bonchev–Trinajstić information content (AvgIpc) is 2.88. The van der Waals surface area contributed by atoms with Crippen molar-refractivity contribution >= 4 is 23.0 Å². The molecule has 2 heterocycles. The van der Waals surface area contributed by atoms with E-state index in [-0.39, 0.29) is 5.91 Å². The Labute approximate surface area is 84.7 Å². The second kappa shape index (κ2) is 3.75. The van der Waals surface area contributed by atoms with Crippen LogP contribution in [0.5, 0.6) is 0 Å². The maximum atomic E-state index is 11.7. The van der Waals surface area contributed by atoms with E-state index in [0.29, 0.717) is 30.9 Å². The van der Waals surface area contributed by atoms with Gasteiger partial charge in [-0.15, -0.1) is 11.3 Å². The van der Waals surface area contributed by atoms with E-state index in [1.807, 2.05) is 0 Å². The molecule has 0 saturated carbocycles. The van der Waals surface area contributed by atoms with Gasteiger partial charge in [-0.05, 0) is 0 Å². The fourth-order valence-electron chi connectivity index (χ4n) is 1.38. The minimum Gasteiger partial charge on any atom is -0.411 e. The summed E-state index contributed by atoms with van der Waals surface area (Å²) in [6.45, 7) is 1.02. The van der Waals surface area contributed by atoms with E-state index < -0.39 is 0 Å². The van der Waals surface area contributed by atoms with E-state index in [1.54, 1.807) is 15.8 Å². The van der Waals surface area contributed by atoms with Crippen molar-refractivity contribution in [2.75, 3.05) is 13.1 Å². The Bertz CT molecular complexity index is 361. The lowest BCUT2D eigenvalue weighted by molar-refractivity contribution is 0.0793. The van der Waals surface area contributed by atoms with Gasteiger partial charge >= 0.3 is 0 Å². The Balaban J connectivity index is 2.08. The van der Waals surface area contributed by atoms with Crippen molar-refractivity contribution in [1.82, 2.24) is 9.88 Å². The van der Waals surface area contributed by atoms with Crippen LogP contribution in [0.1, 0.15) is 16.9 Å². The van der Waals surface area contributed by atoms with E-state index in [2.05, 4.69) is 10.1 Å². The van der Waals surface area contributed by atoms with E-state index in [0.717, 1.165) is 0 Å². The summed E-state index contributed by atoms with van der Waals surface area (Å²) in [5.74, 6) is -0.0927. The molecule has 1 aliphatic rings. The van der Waals surface area contributed by atoms with Crippen molar-refractivity contribution in [3.8, 4) is 0 Å². The molecule has 0 unspecified atom stereocenters. The van der Waals surface area contributed by atoms with Crippen LogP contribution >= 0.6 is 11.3 Å². The third kappa shape index (κ3) is 1.60. The van der Waals surface area contributed by atoms with Crippen molar-refractivity contribution in [3.05, 3.63) is 16.6 Å². The van der Waals surface area contributed by atoms with Crippen LogP contribution in [0.4, 0.5) is 0 Å². The normalized spacial score (nSPS) is 19.1. The zero-order valence-electron chi connectivity index (χ0n) is 7.38. The van der Waals surface area contributed by atoms with Gasteiger partial charge in [0.05, 0.1) is 17.8 Å². The number of thiazole rings is 1. The molecular formula is C8H9N3O2S. The summed E-state index contributed by atoms with van der Waals surface area (Å²) in [6, 6.07) is 0. The number of carbonyl (C=O) groups excluding carboxylic acids is 1. The highest BCUT2D eigenvalue weighted by atomic mass is 32.1. The van der Waals surface area contributed by atoms with Crippen molar-refractivity contribution in [2.45, 2.75) is 6.42 Å². The van der Waals surface area contributed by atoms with Gasteiger partial charge in [-0.1, -0.05) is 5.16 Å². The molecule has 1 aliphatic heterocycles.